The van der Waals surface area contributed by atoms with Crippen LogP contribution in [-0.4, -0.2) is 5.71 Å². The molecule has 1 N–H and O–H groups in total. The highest BCUT2D eigenvalue weighted by atomic mass is 16.3. The molecular formula is C52H34N2O2. The summed E-state index contributed by atoms with van der Waals surface area (Å²) in [5, 5.41) is 12.8. The molecule has 0 bridgehead atoms. The van der Waals surface area contributed by atoms with E-state index in [9.17, 15) is 0 Å². The van der Waals surface area contributed by atoms with Crippen molar-refractivity contribution in [1.82, 2.24) is 5.32 Å². The summed E-state index contributed by atoms with van der Waals surface area (Å²) >= 11 is 0. The predicted octanol–water partition coefficient (Wildman–Crippen LogP) is 13.6. The average Bonchev–Trinajstić information content (AvgIpc) is 3.86. The number of aliphatic imine (C=N–C) groups is 1. The van der Waals surface area contributed by atoms with E-state index in [0.717, 1.165) is 107 Å². The summed E-state index contributed by atoms with van der Waals surface area (Å²) in [6, 6.07) is 53.8. The number of rotatable bonds is 4. The van der Waals surface area contributed by atoms with Crippen LogP contribution in [0, 0.1) is 0 Å². The van der Waals surface area contributed by atoms with Crippen LogP contribution in [0.15, 0.2) is 178 Å². The first-order valence-electron chi connectivity index (χ1n) is 19.4. The van der Waals surface area contributed by atoms with Crippen molar-refractivity contribution in [3.8, 4) is 11.1 Å². The number of hydrogen-bond acceptors (Lipinski definition) is 4. The first kappa shape index (κ1) is 31.2. The minimum Gasteiger partial charge on any atom is -0.455 e. The zero-order valence-electron chi connectivity index (χ0n) is 30.4. The van der Waals surface area contributed by atoms with Gasteiger partial charge in [0.1, 0.15) is 28.5 Å². The van der Waals surface area contributed by atoms with Gasteiger partial charge in [-0.3, -0.25) is 4.99 Å². The Bertz CT molecular complexity index is 3340. The quantitative estimate of drug-likeness (QED) is 0.197. The van der Waals surface area contributed by atoms with E-state index < -0.39 is 0 Å². The van der Waals surface area contributed by atoms with Gasteiger partial charge in [-0.05, 0) is 93.2 Å². The van der Waals surface area contributed by atoms with Crippen LogP contribution in [-0.2, 0) is 6.42 Å². The normalized spacial score (nSPS) is 15.5. The largest absolute Gasteiger partial charge is 0.455 e. The van der Waals surface area contributed by atoms with Gasteiger partial charge in [-0.25, -0.2) is 0 Å². The van der Waals surface area contributed by atoms with Gasteiger partial charge in [-0.1, -0.05) is 133 Å². The van der Waals surface area contributed by atoms with Gasteiger partial charge in [0.05, 0.1) is 5.71 Å². The zero-order valence-corrected chi connectivity index (χ0v) is 30.4. The molecule has 1 aliphatic carbocycles. The summed E-state index contributed by atoms with van der Waals surface area (Å²) in [6.07, 6.45) is 8.64. The Kier molecular flexibility index (Phi) is 6.78. The van der Waals surface area contributed by atoms with Crippen LogP contribution in [0.3, 0.4) is 0 Å². The maximum Gasteiger partial charge on any atom is 0.145 e. The minimum absolute atomic E-state index is 0.302. The van der Waals surface area contributed by atoms with E-state index in [2.05, 4.69) is 163 Å². The molecule has 56 heavy (non-hydrogen) atoms. The molecule has 1 aliphatic heterocycles. The highest BCUT2D eigenvalue weighted by Gasteiger charge is 2.26. The highest BCUT2D eigenvalue weighted by molar-refractivity contribution is 6.28. The molecule has 3 heterocycles. The topological polar surface area (TPSA) is 50.7 Å². The molecule has 8 aromatic carbocycles. The second kappa shape index (κ2) is 12.2. The lowest BCUT2D eigenvalue weighted by atomic mass is 9.90. The van der Waals surface area contributed by atoms with Gasteiger partial charge < -0.3 is 14.2 Å². The molecule has 264 valence electrons. The average molecular weight is 719 g/mol. The summed E-state index contributed by atoms with van der Waals surface area (Å²) in [4.78, 5) is 5.53. The Labute approximate surface area is 322 Å². The third-order valence-electron chi connectivity index (χ3n) is 11.7. The molecule has 0 saturated carbocycles. The van der Waals surface area contributed by atoms with Crippen LogP contribution in [0.2, 0.25) is 0 Å². The van der Waals surface area contributed by atoms with Gasteiger partial charge in [0, 0.05) is 43.8 Å². The molecule has 4 heteroatoms. The molecule has 0 amide bonds. The maximum absolute atomic E-state index is 6.91. The molecule has 0 saturated heterocycles. The third kappa shape index (κ3) is 4.75. The molecule has 0 fully saturated rings. The Balaban J connectivity index is 1.11. The molecule has 12 rings (SSSR count). The van der Waals surface area contributed by atoms with Gasteiger partial charge in [0.15, 0.2) is 0 Å². The maximum atomic E-state index is 6.91. The molecule has 0 spiro atoms. The van der Waals surface area contributed by atoms with Crippen LogP contribution >= 0.6 is 0 Å². The molecule has 4 nitrogen and oxygen atoms in total. The molecule has 1 atom stereocenters. The zero-order chi connectivity index (χ0) is 36.7. The second-order valence-electron chi connectivity index (χ2n) is 15.0. The van der Waals surface area contributed by atoms with Gasteiger partial charge in [0.25, 0.3) is 0 Å². The number of allylic oxidation sites excluding steroid dienone is 2. The number of aryl methyl sites for hydroxylation is 1. The van der Waals surface area contributed by atoms with E-state index in [4.69, 9.17) is 13.8 Å². The van der Waals surface area contributed by atoms with Gasteiger partial charge in [0.2, 0.25) is 0 Å². The molecule has 2 aromatic heterocycles. The Morgan fingerprint density at radius 3 is 2.09 bits per heavy atom. The van der Waals surface area contributed by atoms with Crippen molar-refractivity contribution < 1.29 is 8.83 Å². The van der Waals surface area contributed by atoms with Gasteiger partial charge >= 0.3 is 0 Å². The Morgan fingerprint density at radius 1 is 0.554 bits per heavy atom. The number of nitrogens with zero attached hydrogens (tertiary/aromatic N) is 1. The molecule has 0 radical (unpaired) electrons. The number of para-hydroxylation sites is 2. The second-order valence-corrected chi connectivity index (χ2v) is 15.0. The number of nitrogens with one attached hydrogen (secondary N) is 1. The van der Waals surface area contributed by atoms with Crippen molar-refractivity contribution in [3.05, 3.63) is 192 Å². The SMILES string of the molecule is C1=Cc2c(ccc3ccc(C4N=C(c5ccc(-c6cc7ccccc7c7oc8ccccc8c67)c6oc7ccccc7c56)C=C(c5ccccc5)N4)cc23)CC1. The minimum atomic E-state index is -0.302. The molecule has 10 aromatic rings. The van der Waals surface area contributed by atoms with Crippen molar-refractivity contribution in [2.45, 2.75) is 19.0 Å². The fourth-order valence-corrected chi connectivity index (χ4v) is 9.08. The van der Waals surface area contributed by atoms with Gasteiger partial charge in [-0.15, -0.1) is 0 Å². The Hall–Kier alpha value is -7.17. The van der Waals surface area contributed by atoms with E-state index in [1.807, 2.05) is 12.1 Å². The molecule has 2 aliphatic rings. The number of benzene rings is 8. The first-order chi connectivity index (χ1) is 27.7. The smallest absolute Gasteiger partial charge is 0.145 e. The van der Waals surface area contributed by atoms with Crippen LogP contribution in [0.1, 0.15) is 40.4 Å². The van der Waals surface area contributed by atoms with Crippen LogP contribution in [0.5, 0.6) is 0 Å². The first-order valence-corrected chi connectivity index (χ1v) is 19.4. The van der Waals surface area contributed by atoms with Crippen molar-refractivity contribution >= 4 is 82.9 Å². The fourth-order valence-electron chi connectivity index (χ4n) is 9.08. The van der Waals surface area contributed by atoms with E-state index in [-0.39, 0.29) is 6.17 Å². The van der Waals surface area contributed by atoms with Crippen LogP contribution < -0.4 is 5.32 Å². The molecular weight excluding hydrogens is 685 g/mol. The van der Waals surface area contributed by atoms with E-state index in [0.29, 0.717) is 0 Å². The van der Waals surface area contributed by atoms with E-state index in [1.54, 1.807) is 0 Å². The summed E-state index contributed by atoms with van der Waals surface area (Å²) in [5.41, 5.74) is 13.5. The Morgan fingerprint density at radius 2 is 1.25 bits per heavy atom. The fraction of sp³-hybridized carbons (Fsp3) is 0.0577. The van der Waals surface area contributed by atoms with Crippen LogP contribution in [0.25, 0.3) is 88.3 Å². The highest BCUT2D eigenvalue weighted by Crippen LogP contribution is 2.46. The molecule has 1 unspecified atom stereocenters. The predicted molar refractivity (Wildman–Crippen MR) is 232 cm³/mol. The standard InChI is InChI=1S/C52H34N2O2/c1-2-13-33(14-3-1)44-30-45(54-52(53-44)35-25-24-32-23-22-31-12-4-6-16-36(31)42(32)29-35)39-27-26-38(51-48(39)40-18-8-10-20-46(40)56-51)43-28-34-15-5-7-17-37(34)50-49(43)41-19-9-11-21-47(41)55-50/h1-3,5-11,13-30,52-53H,4,12H2. The van der Waals surface area contributed by atoms with Crippen molar-refractivity contribution in [3.63, 3.8) is 0 Å². The lowest BCUT2D eigenvalue weighted by Gasteiger charge is -2.26. The summed E-state index contributed by atoms with van der Waals surface area (Å²) in [7, 11) is 0. The lowest BCUT2D eigenvalue weighted by molar-refractivity contribution is 0.664. The van der Waals surface area contributed by atoms with Gasteiger partial charge in [-0.2, -0.15) is 0 Å². The van der Waals surface area contributed by atoms with Crippen molar-refractivity contribution in [2.24, 2.45) is 4.99 Å². The van der Waals surface area contributed by atoms with Crippen molar-refractivity contribution in [2.75, 3.05) is 0 Å². The lowest BCUT2D eigenvalue weighted by Crippen LogP contribution is -2.25. The summed E-state index contributed by atoms with van der Waals surface area (Å²) in [6.45, 7) is 0. The third-order valence-corrected chi connectivity index (χ3v) is 11.7. The van der Waals surface area contributed by atoms with E-state index in [1.165, 1.54) is 21.9 Å². The van der Waals surface area contributed by atoms with Crippen molar-refractivity contribution in [1.29, 1.82) is 0 Å². The summed E-state index contributed by atoms with van der Waals surface area (Å²) in [5.74, 6) is 0. The monoisotopic (exact) mass is 718 g/mol. The number of hydrogen-bond donors (Lipinski definition) is 1. The van der Waals surface area contributed by atoms with Crippen LogP contribution in [0.4, 0.5) is 0 Å². The number of fused-ring (bicyclic) bond motifs is 11. The van der Waals surface area contributed by atoms with E-state index >= 15 is 0 Å². The number of furan rings is 2. The summed E-state index contributed by atoms with van der Waals surface area (Å²) < 4.78 is 13.5.